The Hall–Kier alpha value is -5.77. The molecule has 0 fully saturated rings. The van der Waals surface area contributed by atoms with Crippen LogP contribution in [0.5, 0.6) is 0 Å². The summed E-state index contributed by atoms with van der Waals surface area (Å²) in [6.07, 6.45) is 3.51. The maximum absolute atomic E-state index is 8.21. The molecule has 0 aliphatic carbocycles. The molecule has 0 saturated heterocycles. The van der Waals surface area contributed by atoms with Gasteiger partial charge in [0.2, 0.25) is 0 Å². The van der Waals surface area contributed by atoms with Crippen molar-refractivity contribution in [2.45, 2.75) is 13.8 Å². The molecular formula is C45H34N5Pt-. The smallest absolute Gasteiger partial charge is 0.188 e. The Morgan fingerprint density at radius 1 is 0.647 bits per heavy atom. The van der Waals surface area contributed by atoms with Gasteiger partial charge >= 0.3 is 0 Å². The number of imidazole rings is 1. The van der Waals surface area contributed by atoms with E-state index >= 15 is 0 Å². The van der Waals surface area contributed by atoms with Crippen LogP contribution < -0.4 is 4.90 Å². The van der Waals surface area contributed by atoms with Crippen LogP contribution in [0.25, 0.3) is 55.5 Å². The molecular weight excluding hydrogens is 806 g/mol. The molecule has 3 heterocycles. The number of anilines is 3. The second-order valence-electron chi connectivity index (χ2n) is 12.6. The van der Waals surface area contributed by atoms with Crippen molar-refractivity contribution in [2.24, 2.45) is 6.98 Å². The average molecular weight is 843 g/mol. The number of hydrogen-bond acceptors (Lipinski definition) is 2. The van der Waals surface area contributed by atoms with Crippen LogP contribution in [0.15, 0.2) is 152 Å². The molecule has 0 saturated carbocycles. The van der Waals surface area contributed by atoms with Crippen LogP contribution in [0.3, 0.4) is 0 Å². The van der Waals surface area contributed by atoms with E-state index in [1.807, 2.05) is 77.5 Å². The zero-order valence-electron chi connectivity index (χ0n) is 31.0. The quantitative estimate of drug-likeness (QED) is 0.156. The fourth-order valence-corrected chi connectivity index (χ4v) is 7.15. The molecule has 0 unspecified atom stereocenters. The van der Waals surface area contributed by atoms with Gasteiger partial charge in [0.25, 0.3) is 0 Å². The zero-order valence-corrected chi connectivity index (χ0v) is 30.3. The zero-order chi connectivity index (χ0) is 36.3. The predicted octanol–water partition coefficient (Wildman–Crippen LogP) is 11.1. The molecule has 0 radical (unpaired) electrons. The first kappa shape index (κ1) is 29.0. The number of pyridine rings is 1. The second-order valence-corrected chi connectivity index (χ2v) is 12.6. The van der Waals surface area contributed by atoms with Crippen LogP contribution in [-0.2, 0) is 28.0 Å². The molecule has 0 atom stereocenters. The summed E-state index contributed by atoms with van der Waals surface area (Å²) in [4.78, 5) is 7.10. The number of fused-ring (bicyclic) bond motifs is 4. The van der Waals surface area contributed by atoms with E-state index in [0.29, 0.717) is 5.52 Å². The van der Waals surface area contributed by atoms with Crippen molar-refractivity contribution in [2.75, 3.05) is 4.90 Å². The number of rotatable bonds is 6. The molecule has 0 aliphatic heterocycles. The van der Waals surface area contributed by atoms with E-state index in [2.05, 4.69) is 108 Å². The van der Waals surface area contributed by atoms with Crippen molar-refractivity contribution in [1.82, 2.24) is 18.7 Å². The van der Waals surface area contributed by atoms with E-state index in [9.17, 15) is 0 Å². The third-order valence-electron chi connectivity index (χ3n) is 9.45. The van der Waals surface area contributed by atoms with Crippen LogP contribution in [0.1, 0.15) is 15.2 Å². The summed E-state index contributed by atoms with van der Waals surface area (Å²) in [7, 11) is 0. The SMILES string of the molecule is [2H]C([2H])([2H])n1[cH+]n(-c2[c-]c(N(c3[c-]c4c(cc3)c3ccccc3n4-c3cc(-c4ccccc4)ccn3)c3c(C)cccc3C)ccc2)c2ccccc21.[Pt]. The fraction of sp³-hybridized carbons (Fsp3) is 0.0667. The topological polar surface area (TPSA) is 30.9 Å². The molecule has 3 aromatic heterocycles. The Kier molecular flexibility index (Phi) is 7.49. The van der Waals surface area contributed by atoms with E-state index in [1.54, 1.807) is 6.33 Å². The Bertz CT molecular complexity index is 2800. The molecule has 9 rings (SSSR count). The minimum atomic E-state index is -2.34. The van der Waals surface area contributed by atoms with E-state index in [0.717, 1.165) is 78.1 Å². The summed E-state index contributed by atoms with van der Waals surface area (Å²) < 4.78 is 30.1. The third kappa shape index (κ3) is 5.55. The number of aryl methyl sites for hydroxylation is 3. The van der Waals surface area contributed by atoms with Gasteiger partial charge in [0.05, 0.1) is 0 Å². The fourth-order valence-electron chi connectivity index (χ4n) is 7.15. The summed E-state index contributed by atoms with van der Waals surface area (Å²) in [5.41, 5.74) is 11.1. The van der Waals surface area contributed by atoms with Crippen molar-refractivity contribution in [3.05, 3.63) is 175 Å². The van der Waals surface area contributed by atoms with Crippen molar-refractivity contribution in [1.29, 1.82) is 0 Å². The largest absolute Gasteiger partial charge is 0.357 e. The molecule has 0 spiro atoms. The van der Waals surface area contributed by atoms with Gasteiger partial charge in [-0.25, -0.2) is 14.1 Å². The van der Waals surface area contributed by atoms with E-state index < -0.39 is 6.98 Å². The Morgan fingerprint density at radius 2 is 1.35 bits per heavy atom. The molecule has 6 heteroatoms. The minimum Gasteiger partial charge on any atom is -0.357 e. The predicted molar refractivity (Wildman–Crippen MR) is 206 cm³/mol. The van der Waals surface area contributed by atoms with E-state index in [1.165, 1.54) is 4.57 Å². The Balaban J connectivity index is 0.00000413. The first-order valence-electron chi connectivity index (χ1n) is 18.1. The molecule has 250 valence electrons. The number of nitrogens with zero attached hydrogens (tertiary/aromatic N) is 5. The number of hydrogen-bond donors (Lipinski definition) is 0. The van der Waals surface area contributed by atoms with Gasteiger partial charge in [-0.1, -0.05) is 89.7 Å². The van der Waals surface area contributed by atoms with Gasteiger partial charge in [-0.05, 0) is 71.8 Å². The molecule has 0 aliphatic rings. The summed E-state index contributed by atoms with van der Waals surface area (Å²) in [5.74, 6) is 0.806. The normalized spacial score (nSPS) is 12.4. The minimum absolute atomic E-state index is 0. The van der Waals surface area contributed by atoms with Gasteiger partial charge in [-0.3, -0.25) is 0 Å². The van der Waals surface area contributed by atoms with E-state index in [-0.39, 0.29) is 21.1 Å². The van der Waals surface area contributed by atoms with Gasteiger partial charge in [-0.15, -0.1) is 29.7 Å². The molecule has 0 amide bonds. The van der Waals surface area contributed by atoms with Crippen LogP contribution in [0.2, 0.25) is 0 Å². The molecule has 9 aromatic rings. The monoisotopic (exact) mass is 842 g/mol. The Labute approximate surface area is 316 Å². The van der Waals surface area contributed by atoms with Crippen molar-refractivity contribution >= 4 is 49.9 Å². The summed E-state index contributed by atoms with van der Waals surface area (Å²) in [5, 5.41) is 2.19. The first-order chi connectivity index (χ1) is 25.8. The van der Waals surface area contributed by atoms with Gasteiger partial charge in [0, 0.05) is 67.4 Å². The van der Waals surface area contributed by atoms with Crippen LogP contribution >= 0.6 is 0 Å². The molecule has 6 aromatic carbocycles. The van der Waals surface area contributed by atoms with Crippen LogP contribution in [0.4, 0.5) is 17.1 Å². The molecule has 0 bridgehead atoms. The molecule has 51 heavy (non-hydrogen) atoms. The third-order valence-corrected chi connectivity index (χ3v) is 9.45. The van der Waals surface area contributed by atoms with Gasteiger partial charge in [0.15, 0.2) is 17.4 Å². The van der Waals surface area contributed by atoms with Crippen LogP contribution in [-0.4, -0.2) is 18.7 Å². The first-order valence-corrected chi connectivity index (χ1v) is 16.6. The summed E-state index contributed by atoms with van der Waals surface area (Å²) in [6.45, 7) is 1.89. The summed E-state index contributed by atoms with van der Waals surface area (Å²) in [6, 6.07) is 54.6. The molecule has 5 nitrogen and oxygen atoms in total. The van der Waals surface area contributed by atoms with Crippen molar-refractivity contribution < 1.29 is 25.2 Å². The maximum atomic E-state index is 8.21. The van der Waals surface area contributed by atoms with Crippen molar-refractivity contribution in [3.63, 3.8) is 0 Å². The Morgan fingerprint density at radius 3 is 2.16 bits per heavy atom. The number of para-hydroxylation sites is 4. The number of benzene rings is 6. The van der Waals surface area contributed by atoms with Gasteiger partial charge in [0.1, 0.15) is 5.82 Å². The number of aromatic nitrogens is 4. The average Bonchev–Trinajstić information content (AvgIpc) is 3.73. The van der Waals surface area contributed by atoms with Crippen molar-refractivity contribution in [3.8, 4) is 22.6 Å². The molecule has 0 N–H and O–H groups in total. The second kappa shape index (κ2) is 13.2. The standard InChI is InChI=1S/C45H34N5.Pt/c1-31-13-11-14-32(2)45(31)49(36-18-12-17-35(28-36)48-30-47(3)41-21-9-10-22-42(41)48)37-23-24-39-38-19-7-8-20-40(38)50(43(39)29-37)44-27-34(25-26-46-44)33-15-5-4-6-16-33;/h4-27,30H,1-3H3;/q-1;/i3D3;. The van der Waals surface area contributed by atoms with Crippen LogP contribution in [0, 0.1) is 26.0 Å². The van der Waals surface area contributed by atoms with E-state index in [4.69, 9.17) is 9.10 Å². The van der Waals surface area contributed by atoms with Gasteiger partial charge < -0.3 is 9.47 Å². The van der Waals surface area contributed by atoms with Gasteiger partial charge in [-0.2, -0.15) is 12.1 Å². The maximum Gasteiger partial charge on any atom is 0.188 e. The summed E-state index contributed by atoms with van der Waals surface area (Å²) >= 11 is 0.